The minimum Gasteiger partial charge on any atom is -0.440 e. The Morgan fingerprint density at radius 2 is 2.20 bits per heavy atom. The van der Waals surface area contributed by atoms with Gasteiger partial charge in [0.1, 0.15) is 33.7 Å². The molecular formula is C23H28N4O2S. The quantitative estimate of drug-likeness (QED) is 0.167. The smallest absolute Gasteiger partial charge is 0.239 e. The summed E-state index contributed by atoms with van der Waals surface area (Å²) < 4.78 is 6.04. The Morgan fingerprint density at radius 3 is 2.90 bits per heavy atom. The fraction of sp³-hybridized carbons (Fsp3) is 0.391. The predicted octanol–water partition coefficient (Wildman–Crippen LogP) is 6.21. The van der Waals surface area contributed by atoms with Crippen molar-refractivity contribution in [2.75, 3.05) is 6.61 Å². The van der Waals surface area contributed by atoms with Crippen molar-refractivity contribution in [3.05, 3.63) is 54.3 Å². The molecule has 3 aromatic rings. The predicted molar refractivity (Wildman–Crippen MR) is 122 cm³/mol. The molecule has 0 saturated heterocycles. The van der Waals surface area contributed by atoms with Crippen LogP contribution in [0.5, 0.6) is 0 Å². The van der Waals surface area contributed by atoms with Crippen LogP contribution >= 0.6 is 11.3 Å². The van der Waals surface area contributed by atoms with Crippen LogP contribution in [-0.4, -0.2) is 27.3 Å². The Kier molecular flexibility index (Phi) is 7.52. The zero-order valence-corrected chi connectivity index (χ0v) is 18.8. The first-order valence-corrected chi connectivity index (χ1v) is 11.0. The number of hydrogen-bond acceptors (Lipinski definition) is 7. The van der Waals surface area contributed by atoms with Crippen LogP contribution in [0.2, 0.25) is 0 Å². The van der Waals surface area contributed by atoms with Crippen molar-refractivity contribution >= 4 is 17.0 Å². The zero-order valence-electron chi connectivity index (χ0n) is 18.0. The van der Waals surface area contributed by atoms with Gasteiger partial charge in [0, 0.05) is 18.0 Å². The van der Waals surface area contributed by atoms with Crippen molar-refractivity contribution in [1.82, 2.24) is 15.0 Å². The molecule has 3 rings (SSSR count). The van der Waals surface area contributed by atoms with Crippen LogP contribution in [0, 0.1) is 19.8 Å². The summed E-state index contributed by atoms with van der Waals surface area (Å²) in [6.07, 6.45) is 8.16. The summed E-state index contributed by atoms with van der Waals surface area (Å²) in [5.74, 6) is 1.89. The van der Waals surface area contributed by atoms with E-state index in [-0.39, 0.29) is 0 Å². The summed E-state index contributed by atoms with van der Waals surface area (Å²) in [7, 11) is 0. The van der Waals surface area contributed by atoms with Gasteiger partial charge in [-0.3, -0.25) is 4.98 Å². The maximum Gasteiger partial charge on any atom is 0.239 e. The normalized spacial score (nSPS) is 12.7. The van der Waals surface area contributed by atoms with E-state index in [0.29, 0.717) is 18.4 Å². The molecule has 0 N–H and O–H groups in total. The molecule has 158 valence electrons. The monoisotopic (exact) mass is 424 g/mol. The first kappa shape index (κ1) is 21.9. The van der Waals surface area contributed by atoms with Crippen molar-refractivity contribution in [3.8, 4) is 21.3 Å². The highest BCUT2D eigenvalue weighted by Crippen LogP contribution is 2.35. The topological polar surface area (TPSA) is 73.4 Å². The Balaban J connectivity index is 1.91. The lowest BCUT2D eigenvalue weighted by Gasteiger charge is -2.09. The molecule has 1 unspecified atom stereocenters. The van der Waals surface area contributed by atoms with Gasteiger partial charge < -0.3 is 9.25 Å². The van der Waals surface area contributed by atoms with Crippen LogP contribution in [0.25, 0.3) is 21.3 Å². The highest BCUT2D eigenvalue weighted by atomic mass is 32.1. The second kappa shape index (κ2) is 10.3. The SMILES string of the molecule is C=CCO/N=C(\CCC(C)CC)c1nc(-c2sc(-c3cccnc3)nc2C)oc1C. The molecule has 0 amide bonds. The molecule has 30 heavy (non-hydrogen) atoms. The summed E-state index contributed by atoms with van der Waals surface area (Å²) >= 11 is 1.55. The first-order chi connectivity index (χ1) is 14.5. The van der Waals surface area contributed by atoms with Crippen LogP contribution in [0.4, 0.5) is 0 Å². The van der Waals surface area contributed by atoms with Gasteiger partial charge in [0.2, 0.25) is 5.89 Å². The van der Waals surface area contributed by atoms with E-state index in [0.717, 1.165) is 57.6 Å². The lowest BCUT2D eigenvalue weighted by atomic mass is 9.99. The average molecular weight is 425 g/mol. The van der Waals surface area contributed by atoms with Crippen LogP contribution in [0.15, 0.2) is 46.8 Å². The molecule has 7 heteroatoms. The number of pyridine rings is 1. The largest absolute Gasteiger partial charge is 0.440 e. The molecule has 1 atom stereocenters. The summed E-state index contributed by atoms with van der Waals surface area (Å²) in [5, 5.41) is 5.23. The van der Waals surface area contributed by atoms with Crippen LogP contribution in [0.1, 0.15) is 50.3 Å². The number of aryl methyl sites for hydroxylation is 2. The summed E-state index contributed by atoms with van der Waals surface area (Å²) in [5.41, 5.74) is 3.41. The van der Waals surface area contributed by atoms with Gasteiger partial charge in [-0.15, -0.1) is 11.3 Å². The molecule has 0 saturated carbocycles. The van der Waals surface area contributed by atoms with Gasteiger partial charge in [0.25, 0.3) is 0 Å². The Morgan fingerprint density at radius 1 is 1.37 bits per heavy atom. The molecule has 0 aliphatic rings. The molecular weight excluding hydrogens is 396 g/mol. The van der Waals surface area contributed by atoms with E-state index in [4.69, 9.17) is 14.2 Å². The molecule has 0 spiro atoms. The van der Waals surface area contributed by atoms with E-state index < -0.39 is 0 Å². The van der Waals surface area contributed by atoms with Gasteiger partial charge in [0.05, 0.1) is 5.69 Å². The maximum absolute atomic E-state index is 6.04. The van der Waals surface area contributed by atoms with E-state index in [1.54, 1.807) is 23.6 Å². The molecule has 3 heterocycles. The number of rotatable bonds is 10. The highest BCUT2D eigenvalue weighted by Gasteiger charge is 2.21. The molecule has 0 aliphatic carbocycles. The minimum absolute atomic E-state index is 0.360. The first-order valence-electron chi connectivity index (χ1n) is 10.2. The minimum atomic E-state index is 0.360. The highest BCUT2D eigenvalue weighted by molar-refractivity contribution is 7.18. The Labute approximate surface area is 181 Å². The number of oxazole rings is 1. The lowest BCUT2D eigenvalue weighted by Crippen LogP contribution is -2.07. The Hall–Kier alpha value is -2.80. The van der Waals surface area contributed by atoms with Crippen LogP contribution in [0.3, 0.4) is 0 Å². The van der Waals surface area contributed by atoms with Gasteiger partial charge in [-0.2, -0.15) is 0 Å². The van der Waals surface area contributed by atoms with Gasteiger partial charge in [-0.25, -0.2) is 9.97 Å². The lowest BCUT2D eigenvalue weighted by molar-refractivity contribution is 0.174. The second-order valence-corrected chi connectivity index (χ2v) is 8.27. The summed E-state index contributed by atoms with van der Waals surface area (Å²) in [6, 6.07) is 3.90. The van der Waals surface area contributed by atoms with Crippen molar-refractivity contribution < 1.29 is 9.25 Å². The third kappa shape index (κ3) is 5.21. The van der Waals surface area contributed by atoms with E-state index in [1.165, 1.54) is 0 Å². The Bertz CT molecular complexity index is 1010. The van der Waals surface area contributed by atoms with Crippen LogP contribution < -0.4 is 0 Å². The molecule has 3 aromatic heterocycles. The van der Waals surface area contributed by atoms with E-state index in [9.17, 15) is 0 Å². The third-order valence-electron chi connectivity index (χ3n) is 4.91. The number of thiazole rings is 1. The fourth-order valence-corrected chi connectivity index (χ4v) is 3.91. The number of oxime groups is 1. The second-order valence-electron chi connectivity index (χ2n) is 7.27. The average Bonchev–Trinajstić information content (AvgIpc) is 3.33. The van der Waals surface area contributed by atoms with E-state index >= 15 is 0 Å². The van der Waals surface area contributed by atoms with Crippen molar-refractivity contribution in [1.29, 1.82) is 0 Å². The van der Waals surface area contributed by atoms with Gasteiger partial charge >= 0.3 is 0 Å². The molecule has 0 aromatic carbocycles. The number of hydrogen-bond donors (Lipinski definition) is 0. The summed E-state index contributed by atoms with van der Waals surface area (Å²) in [6.45, 7) is 12.4. The third-order valence-corrected chi connectivity index (χ3v) is 6.10. The van der Waals surface area contributed by atoms with Gasteiger partial charge in [-0.05, 0) is 44.7 Å². The van der Waals surface area contributed by atoms with Crippen LogP contribution in [-0.2, 0) is 4.84 Å². The molecule has 0 radical (unpaired) electrons. The van der Waals surface area contributed by atoms with Gasteiger partial charge in [-0.1, -0.05) is 38.1 Å². The van der Waals surface area contributed by atoms with Gasteiger partial charge in [0.15, 0.2) is 0 Å². The number of nitrogens with zero attached hydrogens (tertiary/aromatic N) is 4. The van der Waals surface area contributed by atoms with Crippen molar-refractivity contribution in [2.24, 2.45) is 11.1 Å². The van der Waals surface area contributed by atoms with E-state index in [1.807, 2.05) is 32.2 Å². The molecule has 0 aliphatic heterocycles. The molecule has 0 bridgehead atoms. The summed E-state index contributed by atoms with van der Waals surface area (Å²) in [4.78, 5) is 20.0. The standard InChI is InChI=1S/C23H28N4O2S/c1-6-13-28-27-19(11-10-15(3)7-2)20-17(5)29-22(26-20)21-16(4)25-23(30-21)18-9-8-12-24-14-18/h6,8-9,12,14-15H,1,7,10-11,13H2,2-5H3/b27-19+. The fourth-order valence-electron chi connectivity index (χ4n) is 2.93. The molecule has 6 nitrogen and oxygen atoms in total. The maximum atomic E-state index is 6.04. The van der Waals surface area contributed by atoms with Crippen molar-refractivity contribution in [2.45, 2.75) is 47.0 Å². The van der Waals surface area contributed by atoms with Crippen molar-refractivity contribution in [3.63, 3.8) is 0 Å². The zero-order chi connectivity index (χ0) is 21.5. The van der Waals surface area contributed by atoms with E-state index in [2.05, 4.69) is 35.6 Å². The molecule has 0 fully saturated rings. The number of aromatic nitrogens is 3.